The second-order valence-corrected chi connectivity index (χ2v) is 10.3. The second-order valence-electron chi connectivity index (χ2n) is 8.43. The number of piperidine rings is 1. The van der Waals surface area contributed by atoms with E-state index in [0.29, 0.717) is 17.9 Å². The molecule has 2 aliphatic carbocycles. The Bertz CT molecular complexity index is 1130. The van der Waals surface area contributed by atoms with Crippen LogP contribution in [0.2, 0.25) is 0 Å². The van der Waals surface area contributed by atoms with E-state index >= 15 is 0 Å². The van der Waals surface area contributed by atoms with Crippen molar-refractivity contribution < 1.29 is 17.9 Å². The molecule has 1 spiro atoms. The van der Waals surface area contributed by atoms with Gasteiger partial charge in [0.1, 0.15) is 6.10 Å². The maximum absolute atomic E-state index is 13.5. The predicted molar refractivity (Wildman–Crippen MR) is 109 cm³/mol. The van der Waals surface area contributed by atoms with E-state index < -0.39 is 10.0 Å². The van der Waals surface area contributed by atoms with Gasteiger partial charge in [0.15, 0.2) is 11.5 Å². The van der Waals surface area contributed by atoms with E-state index in [-0.39, 0.29) is 23.5 Å². The summed E-state index contributed by atoms with van der Waals surface area (Å²) in [6, 6.07) is 12.8. The molecule has 2 aromatic rings. The van der Waals surface area contributed by atoms with Crippen LogP contribution in [-0.4, -0.2) is 38.5 Å². The summed E-state index contributed by atoms with van der Waals surface area (Å²) in [5, 5.41) is 0. The van der Waals surface area contributed by atoms with Gasteiger partial charge < -0.3 is 9.47 Å². The summed E-state index contributed by atoms with van der Waals surface area (Å²) in [4.78, 5) is 0.378. The van der Waals surface area contributed by atoms with E-state index in [4.69, 9.17) is 9.47 Å². The molecular formula is C23H23NO4S. The van der Waals surface area contributed by atoms with Crippen molar-refractivity contribution in [2.75, 3.05) is 13.7 Å². The molecule has 2 heterocycles. The van der Waals surface area contributed by atoms with Gasteiger partial charge in [-0.05, 0) is 55.0 Å². The fourth-order valence-electron chi connectivity index (χ4n) is 6.21. The minimum absolute atomic E-state index is 0.0457. The number of hydrogen-bond donors (Lipinski definition) is 0. The van der Waals surface area contributed by atoms with Crippen LogP contribution in [0.3, 0.4) is 0 Å². The molecule has 4 aliphatic rings. The van der Waals surface area contributed by atoms with Gasteiger partial charge in [-0.2, -0.15) is 4.31 Å². The molecule has 5 nitrogen and oxygen atoms in total. The Morgan fingerprint density at radius 2 is 2.00 bits per heavy atom. The highest BCUT2D eigenvalue weighted by Gasteiger charge is 2.63. The normalized spacial score (nSPS) is 31.8. The lowest BCUT2D eigenvalue weighted by Crippen LogP contribution is -2.64. The minimum Gasteiger partial charge on any atom is -0.493 e. The van der Waals surface area contributed by atoms with Crippen molar-refractivity contribution in [1.29, 1.82) is 0 Å². The number of rotatable bonds is 3. The molecule has 0 unspecified atom stereocenters. The highest BCUT2D eigenvalue weighted by atomic mass is 32.2. The highest BCUT2D eigenvalue weighted by Crippen LogP contribution is 2.63. The molecule has 1 saturated heterocycles. The molecule has 6 rings (SSSR count). The third-order valence-electron chi connectivity index (χ3n) is 7.37. The Balaban J connectivity index is 1.52. The highest BCUT2D eigenvalue weighted by molar-refractivity contribution is 7.89. The Morgan fingerprint density at radius 1 is 1.17 bits per heavy atom. The molecule has 0 radical (unpaired) electrons. The standard InChI is InChI=1S/C23H23NO4S/c1-27-19-11-10-15-14-18-17-8-5-9-20-23(17,21(15)22(19)28-20)12-13-24(18)29(25,26)16-6-3-2-4-7-16/h2-7,9-11,17-18,20H,8,12-14H2,1H3/t17-,18+,20-,23+/m0/s1. The van der Waals surface area contributed by atoms with Crippen LogP contribution in [0.4, 0.5) is 0 Å². The average Bonchev–Trinajstić information content (AvgIpc) is 3.08. The molecule has 4 atom stereocenters. The lowest BCUT2D eigenvalue weighted by molar-refractivity contribution is 0.0206. The van der Waals surface area contributed by atoms with E-state index in [1.165, 1.54) is 11.1 Å². The third kappa shape index (κ3) is 2.11. The third-order valence-corrected chi connectivity index (χ3v) is 9.31. The van der Waals surface area contributed by atoms with Crippen molar-refractivity contribution in [3.05, 3.63) is 65.7 Å². The van der Waals surface area contributed by atoms with E-state index in [1.54, 1.807) is 35.7 Å². The Kier molecular flexibility index (Phi) is 3.55. The summed E-state index contributed by atoms with van der Waals surface area (Å²) in [7, 11) is -1.86. The molecule has 6 heteroatoms. The van der Waals surface area contributed by atoms with Crippen LogP contribution in [0.5, 0.6) is 11.5 Å². The molecule has 2 aromatic carbocycles. The fourth-order valence-corrected chi connectivity index (χ4v) is 7.90. The fraction of sp³-hybridized carbons (Fsp3) is 0.391. The van der Waals surface area contributed by atoms with Crippen molar-refractivity contribution in [3.63, 3.8) is 0 Å². The van der Waals surface area contributed by atoms with Gasteiger partial charge in [0, 0.05) is 23.6 Å². The molecule has 2 aliphatic heterocycles. The van der Waals surface area contributed by atoms with Gasteiger partial charge >= 0.3 is 0 Å². The zero-order valence-corrected chi connectivity index (χ0v) is 17.1. The Morgan fingerprint density at radius 3 is 2.79 bits per heavy atom. The lowest BCUT2D eigenvalue weighted by atomic mass is 9.54. The summed E-state index contributed by atoms with van der Waals surface area (Å²) in [5.41, 5.74) is 2.32. The molecule has 2 bridgehead atoms. The van der Waals surface area contributed by atoms with Crippen LogP contribution >= 0.6 is 0 Å². The Labute approximate surface area is 171 Å². The topological polar surface area (TPSA) is 55.8 Å². The van der Waals surface area contributed by atoms with Crippen LogP contribution in [0.15, 0.2) is 59.5 Å². The first-order valence-corrected chi connectivity index (χ1v) is 11.6. The lowest BCUT2D eigenvalue weighted by Gasteiger charge is -2.56. The second kappa shape index (κ2) is 5.86. The van der Waals surface area contributed by atoms with Crippen molar-refractivity contribution in [2.45, 2.75) is 41.7 Å². The molecule has 150 valence electrons. The van der Waals surface area contributed by atoms with Gasteiger partial charge in [0.25, 0.3) is 0 Å². The minimum atomic E-state index is -3.54. The molecule has 0 aromatic heterocycles. The molecule has 1 fully saturated rings. The molecular weight excluding hydrogens is 386 g/mol. The van der Waals surface area contributed by atoms with Crippen molar-refractivity contribution in [3.8, 4) is 11.5 Å². The first-order chi connectivity index (χ1) is 14.1. The molecule has 0 saturated carbocycles. The van der Waals surface area contributed by atoms with Gasteiger partial charge in [0.2, 0.25) is 10.0 Å². The van der Waals surface area contributed by atoms with Crippen molar-refractivity contribution in [1.82, 2.24) is 4.31 Å². The number of methoxy groups -OCH3 is 1. The van der Waals surface area contributed by atoms with Gasteiger partial charge in [0.05, 0.1) is 12.0 Å². The smallest absolute Gasteiger partial charge is 0.243 e. The number of sulfonamides is 1. The van der Waals surface area contributed by atoms with Crippen LogP contribution in [0, 0.1) is 5.92 Å². The van der Waals surface area contributed by atoms with Gasteiger partial charge in [-0.3, -0.25) is 0 Å². The van der Waals surface area contributed by atoms with Crippen LogP contribution < -0.4 is 9.47 Å². The molecule has 0 N–H and O–H groups in total. The van der Waals surface area contributed by atoms with E-state index in [2.05, 4.69) is 18.2 Å². The van der Waals surface area contributed by atoms with Crippen LogP contribution in [-0.2, 0) is 21.9 Å². The zero-order valence-electron chi connectivity index (χ0n) is 16.2. The molecule has 29 heavy (non-hydrogen) atoms. The van der Waals surface area contributed by atoms with E-state index in [0.717, 1.165) is 24.3 Å². The number of ether oxygens (including phenoxy) is 2. The monoisotopic (exact) mass is 409 g/mol. The van der Waals surface area contributed by atoms with Crippen molar-refractivity contribution >= 4 is 10.0 Å². The average molecular weight is 410 g/mol. The van der Waals surface area contributed by atoms with Gasteiger partial charge in [-0.15, -0.1) is 0 Å². The maximum Gasteiger partial charge on any atom is 0.243 e. The Hall–Kier alpha value is -2.31. The largest absolute Gasteiger partial charge is 0.493 e. The van der Waals surface area contributed by atoms with Crippen LogP contribution in [0.25, 0.3) is 0 Å². The van der Waals surface area contributed by atoms with Gasteiger partial charge in [-0.1, -0.05) is 30.3 Å². The van der Waals surface area contributed by atoms with E-state index in [9.17, 15) is 8.42 Å². The predicted octanol–water partition coefficient (Wildman–Crippen LogP) is 3.29. The zero-order chi connectivity index (χ0) is 19.8. The maximum atomic E-state index is 13.5. The SMILES string of the molecule is COc1ccc2c3c1O[C@H]1C=CC[C@H]4[C@@H](C2)N(S(=O)(=O)c2ccccc2)CC[C@]314. The quantitative estimate of drug-likeness (QED) is 0.730. The number of hydrogen-bond acceptors (Lipinski definition) is 4. The summed E-state index contributed by atoms with van der Waals surface area (Å²) in [6.07, 6.45) is 6.65. The first kappa shape index (κ1) is 17.5. The summed E-state index contributed by atoms with van der Waals surface area (Å²) in [6.45, 7) is 0.516. The van der Waals surface area contributed by atoms with Crippen LogP contribution in [0.1, 0.15) is 24.0 Å². The summed E-state index contributed by atoms with van der Waals surface area (Å²) < 4.78 is 40.8. The molecule has 0 amide bonds. The number of allylic oxidation sites excluding steroid dienone is 1. The number of nitrogens with zero attached hydrogens (tertiary/aromatic N) is 1. The van der Waals surface area contributed by atoms with E-state index in [1.807, 2.05) is 12.1 Å². The number of benzene rings is 2. The first-order valence-electron chi connectivity index (χ1n) is 10.2. The summed E-state index contributed by atoms with van der Waals surface area (Å²) >= 11 is 0. The van der Waals surface area contributed by atoms with Crippen molar-refractivity contribution in [2.24, 2.45) is 5.92 Å². The summed E-state index contributed by atoms with van der Waals surface area (Å²) in [5.74, 6) is 1.85. The van der Waals surface area contributed by atoms with Gasteiger partial charge in [-0.25, -0.2) is 8.42 Å².